The molecule has 0 aliphatic rings. The van der Waals surface area contributed by atoms with Gasteiger partial charge in [-0.15, -0.1) is 0 Å². The fourth-order valence-electron chi connectivity index (χ4n) is 3.15. The lowest BCUT2D eigenvalue weighted by Gasteiger charge is -2.17. The summed E-state index contributed by atoms with van der Waals surface area (Å²) in [6.07, 6.45) is 0. The van der Waals surface area contributed by atoms with Gasteiger partial charge in [-0.05, 0) is 54.2 Å². The van der Waals surface area contributed by atoms with Gasteiger partial charge in [0, 0.05) is 11.3 Å². The molecule has 3 aromatic rings. The highest BCUT2D eigenvalue weighted by Gasteiger charge is 2.25. The van der Waals surface area contributed by atoms with E-state index in [0.717, 1.165) is 0 Å². The summed E-state index contributed by atoms with van der Waals surface area (Å²) < 4.78 is 0. The monoisotopic (exact) mass is 395 g/mol. The van der Waals surface area contributed by atoms with Crippen molar-refractivity contribution in [2.24, 2.45) is 0 Å². The summed E-state index contributed by atoms with van der Waals surface area (Å²) in [5.41, 5.74) is 5.71. The Hall–Kier alpha value is -3.88. The molecule has 0 unspecified atom stereocenters. The maximum atomic E-state index is 10.5. The normalized spacial score (nSPS) is 11.0. The van der Waals surface area contributed by atoms with Crippen molar-refractivity contribution in [3.63, 3.8) is 0 Å². The molecule has 0 atom stereocenters. The molecule has 148 valence electrons. The van der Waals surface area contributed by atoms with E-state index in [2.05, 4.69) is 0 Å². The molecule has 3 aromatic carbocycles. The van der Waals surface area contributed by atoms with Crippen LogP contribution in [0, 0.1) is 13.8 Å². The van der Waals surface area contributed by atoms with E-state index in [-0.39, 0.29) is 39.3 Å². The van der Waals surface area contributed by atoms with Gasteiger partial charge in [-0.3, -0.25) is 0 Å². The third kappa shape index (κ3) is 2.87. The highest BCUT2D eigenvalue weighted by Crippen LogP contribution is 2.51. The fourth-order valence-corrected chi connectivity index (χ4v) is 3.15. The second-order valence-electron chi connectivity index (χ2n) is 6.70. The number of aromatic hydroxyl groups is 7. The Labute approximate surface area is 166 Å². The summed E-state index contributed by atoms with van der Waals surface area (Å²) in [4.78, 5) is 0. The molecule has 0 aromatic heterocycles. The largest absolute Gasteiger partial charge is 0.507 e. The second kappa shape index (κ2) is 6.63. The average Bonchev–Trinajstić information content (AvgIpc) is 2.67. The number of anilines is 1. The Balaban J connectivity index is 2.37. The zero-order chi connectivity index (χ0) is 21.8. The molecule has 0 amide bonds. The fraction of sp³-hybridized carbons (Fsp3) is 0.100. The number of benzene rings is 3. The van der Waals surface area contributed by atoms with Gasteiger partial charge in [0.15, 0.2) is 34.5 Å². The number of phenolic OH excluding ortho intramolecular Hbond substituents is 7. The summed E-state index contributed by atoms with van der Waals surface area (Å²) in [5, 5.41) is 71.3. The van der Waals surface area contributed by atoms with Crippen molar-refractivity contribution in [3.05, 3.63) is 29.3 Å². The number of rotatable bonds is 2. The maximum Gasteiger partial charge on any atom is 0.169 e. The third-order valence-corrected chi connectivity index (χ3v) is 4.94. The second-order valence-corrected chi connectivity index (χ2v) is 6.70. The molecule has 0 saturated carbocycles. The number of hydrogen-bond acceptors (Lipinski definition) is 8. The number of nitrogen functional groups attached to an aromatic ring is 1. The number of phenols is 7. The van der Waals surface area contributed by atoms with Crippen molar-refractivity contribution in [1.29, 1.82) is 0 Å². The Morgan fingerprint density at radius 2 is 0.966 bits per heavy atom. The standard InChI is InChI=1S/C20H18BNO7/c1-6-7(2)15(24)16(25)11(14(6)23)8-3-9(5-10(22)4-8)12-17(26)19(28)13(21)20(29)18(12)27/h3-5,23-29H,22H2,1-2H3. The first kappa shape index (κ1) is 19.9. The van der Waals surface area contributed by atoms with Crippen LogP contribution in [0.25, 0.3) is 22.3 Å². The van der Waals surface area contributed by atoms with Crippen molar-refractivity contribution in [3.8, 4) is 62.5 Å². The van der Waals surface area contributed by atoms with Crippen LogP contribution in [0.15, 0.2) is 18.2 Å². The van der Waals surface area contributed by atoms with Crippen molar-refractivity contribution in [2.75, 3.05) is 5.73 Å². The van der Waals surface area contributed by atoms with Crippen molar-refractivity contribution < 1.29 is 35.7 Å². The minimum Gasteiger partial charge on any atom is -0.507 e. The molecule has 3 rings (SSSR count). The Morgan fingerprint density at radius 3 is 1.45 bits per heavy atom. The van der Waals surface area contributed by atoms with Gasteiger partial charge in [0.25, 0.3) is 0 Å². The SMILES string of the molecule is [B]c1c(O)c(O)c(-c2cc(N)cc(-c3c(O)c(C)c(C)c(O)c3O)c2)c(O)c1O. The average molecular weight is 395 g/mol. The van der Waals surface area contributed by atoms with Gasteiger partial charge in [0.1, 0.15) is 13.6 Å². The lowest BCUT2D eigenvalue weighted by molar-refractivity contribution is 0.380. The predicted molar refractivity (Wildman–Crippen MR) is 108 cm³/mol. The molecular formula is C20H18BNO7. The molecule has 29 heavy (non-hydrogen) atoms. The number of nitrogens with two attached hydrogens (primary N) is 1. The molecule has 0 fully saturated rings. The maximum absolute atomic E-state index is 10.5. The van der Waals surface area contributed by atoms with Crippen LogP contribution in [0.2, 0.25) is 0 Å². The van der Waals surface area contributed by atoms with E-state index < -0.39 is 40.0 Å². The highest BCUT2D eigenvalue weighted by molar-refractivity contribution is 6.37. The van der Waals surface area contributed by atoms with Gasteiger partial charge >= 0.3 is 0 Å². The minimum absolute atomic E-state index is 0.0390. The minimum atomic E-state index is -0.839. The van der Waals surface area contributed by atoms with E-state index in [9.17, 15) is 35.7 Å². The lowest BCUT2D eigenvalue weighted by Crippen LogP contribution is -2.05. The smallest absolute Gasteiger partial charge is 0.169 e. The molecule has 8 nitrogen and oxygen atoms in total. The molecule has 0 saturated heterocycles. The molecule has 0 aliphatic carbocycles. The van der Waals surface area contributed by atoms with Gasteiger partial charge in [-0.2, -0.15) is 0 Å². The first-order chi connectivity index (χ1) is 13.5. The van der Waals surface area contributed by atoms with Crippen LogP contribution in [0.3, 0.4) is 0 Å². The zero-order valence-corrected chi connectivity index (χ0v) is 15.5. The van der Waals surface area contributed by atoms with E-state index in [1.807, 2.05) is 0 Å². The van der Waals surface area contributed by atoms with Crippen LogP contribution in [-0.2, 0) is 0 Å². The molecule has 0 bridgehead atoms. The van der Waals surface area contributed by atoms with E-state index >= 15 is 0 Å². The Bertz CT molecular complexity index is 1030. The van der Waals surface area contributed by atoms with Crippen molar-refractivity contribution in [2.45, 2.75) is 13.8 Å². The quantitative estimate of drug-likeness (QED) is 0.141. The number of hydrogen-bond donors (Lipinski definition) is 8. The van der Waals surface area contributed by atoms with Crippen molar-refractivity contribution >= 4 is 19.0 Å². The molecule has 9 heteroatoms. The third-order valence-electron chi connectivity index (χ3n) is 4.94. The van der Waals surface area contributed by atoms with Gasteiger partial charge in [-0.25, -0.2) is 0 Å². The zero-order valence-electron chi connectivity index (χ0n) is 15.5. The molecule has 2 radical (unpaired) electrons. The van der Waals surface area contributed by atoms with Crippen LogP contribution < -0.4 is 11.2 Å². The summed E-state index contributed by atoms with van der Waals surface area (Å²) in [7, 11) is 5.43. The summed E-state index contributed by atoms with van der Waals surface area (Å²) in [5.74, 6) is -4.59. The summed E-state index contributed by atoms with van der Waals surface area (Å²) in [6.45, 7) is 3.07. The molecule has 0 heterocycles. The van der Waals surface area contributed by atoms with Gasteiger partial charge in [0.05, 0.1) is 11.1 Å². The van der Waals surface area contributed by atoms with Crippen molar-refractivity contribution in [1.82, 2.24) is 0 Å². The van der Waals surface area contributed by atoms with Crippen LogP contribution in [-0.4, -0.2) is 43.6 Å². The summed E-state index contributed by atoms with van der Waals surface area (Å²) in [6, 6.07) is 4.03. The summed E-state index contributed by atoms with van der Waals surface area (Å²) >= 11 is 0. The Morgan fingerprint density at radius 1 is 0.586 bits per heavy atom. The highest BCUT2D eigenvalue weighted by atomic mass is 16.3. The van der Waals surface area contributed by atoms with E-state index in [0.29, 0.717) is 5.56 Å². The molecule has 0 spiro atoms. The lowest BCUT2D eigenvalue weighted by atomic mass is 9.88. The Kier molecular flexibility index (Phi) is 4.54. The van der Waals surface area contributed by atoms with E-state index in [4.69, 9.17) is 13.6 Å². The van der Waals surface area contributed by atoms with E-state index in [1.54, 1.807) is 6.92 Å². The topological polar surface area (TPSA) is 168 Å². The predicted octanol–water partition coefficient (Wildman–Crippen LogP) is 1.95. The van der Waals surface area contributed by atoms with Crippen LogP contribution >= 0.6 is 0 Å². The first-order valence-electron chi connectivity index (χ1n) is 8.37. The molecular weight excluding hydrogens is 377 g/mol. The van der Waals surface area contributed by atoms with Gasteiger partial charge in [-0.1, -0.05) is 0 Å². The van der Waals surface area contributed by atoms with Crippen LogP contribution in [0.5, 0.6) is 40.2 Å². The van der Waals surface area contributed by atoms with Gasteiger partial charge in [0.2, 0.25) is 0 Å². The van der Waals surface area contributed by atoms with Crippen LogP contribution in [0.4, 0.5) is 5.69 Å². The first-order valence-corrected chi connectivity index (χ1v) is 8.37. The molecule has 0 aliphatic heterocycles. The van der Waals surface area contributed by atoms with E-state index in [1.165, 1.54) is 25.1 Å². The molecule has 9 N–H and O–H groups in total. The van der Waals surface area contributed by atoms with Gasteiger partial charge < -0.3 is 41.5 Å². The van der Waals surface area contributed by atoms with Crippen LogP contribution in [0.1, 0.15) is 11.1 Å².